The molecule has 0 aliphatic rings. The van der Waals surface area contributed by atoms with Crippen molar-refractivity contribution >= 4 is 50.5 Å². The van der Waals surface area contributed by atoms with E-state index >= 15 is 0 Å². The molecule has 2 rings (SSSR count). The third-order valence-corrected chi connectivity index (χ3v) is 6.76. The average molecular weight is 430 g/mol. The Kier molecular flexibility index (Phi) is 7.49. The van der Waals surface area contributed by atoms with Gasteiger partial charge < -0.3 is 10.6 Å². The monoisotopic (exact) mass is 429 g/mol. The van der Waals surface area contributed by atoms with E-state index in [1.165, 1.54) is 16.4 Å². The highest BCUT2D eigenvalue weighted by atomic mass is 35.5. The zero-order valence-corrected chi connectivity index (χ0v) is 17.3. The highest BCUT2D eigenvalue weighted by Gasteiger charge is 2.21. The smallest absolute Gasteiger partial charge is 0.243 e. The van der Waals surface area contributed by atoms with Gasteiger partial charge in [0.2, 0.25) is 15.9 Å². The highest BCUT2D eigenvalue weighted by molar-refractivity contribution is 7.89. The summed E-state index contributed by atoms with van der Waals surface area (Å²) in [7, 11) is -3.50. The van der Waals surface area contributed by atoms with Gasteiger partial charge in [-0.25, -0.2) is 8.42 Å². The van der Waals surface area contributed by atoms with Crippen LogP contribution in [0.3, 0.4) is 0 Å². The lowest BCUT2D eigenvalue weighted by atomic mass is 10.3. The predicted octanol–water partition coefficient (Wildman–Crippen LogP) is 4.07. The number of hydrogen-bond acceptors (Lipinski definition) is 4. The first-order chi connectivity index (χ1) is 12.8. The van der Waals surface area contributed by atoms with Gasteiger partial charge in [-0.2, -0.15) is 4.31 Å². The fourth-order valence-corrected chi connectivity index (χ4v) is 4.24. The van der Waals surface area contributed by atoms with Gasteiger partial charge in [0.25, 0.3) is 0 Å². The molecule has 27 heavy (non-hydrogen) atoms. The van der Waals surface area contributed by atoms with Crippen molar-refractivity contribution in [2.24, 2.45) is 0 Å². The van der Waals surface area contributed by atoms with Crippen LogP contribution in [0.2, 0.25) is 10.0 Å². The van der Waals surface area contributed by atoms with Crippen LogP contribution in [0.25, 0.3) is 0 Å². The van der Waals surface area contributed by atoms with Gasteiger partial charge in [-0.3, -0.25) is 4.79 Å². The van der Waals surface area contributed by atoms with Crippen molar-refractivity contribution in [2.45, 2.75) is 18.7 Å². The molecule has 1 amide bonds. The molecule has 0 heterocycles. The van der Waals surface area contributed by atoms with Crippen molar-refractivity contribution in [2.75, 3.05) is 30.3 Å². The zero-order valence-electron chi connectivity index (χ0n) is 15.0. The number of anilines is 2. The van der Waals surface area contributed by atoms with E-state index in [2.05, 4.69) is 10.6 Å². The van der Waals surface area contributed by atoms with Crippen molar-refractivity contribution in [3.05, 3.63) is 52.5 Å². The molecule has 0 saturated carbocycles. The molecular weight excluding hydrogens is 409 g/mol. The third-order valence-electron chi connectivity index (χ3n) is 3.88. The van der Waals surface area contributed by atoms with Crippen molar-refractivity contribution in [1.82, 2.24) is 4.31 Å². The maximum atomic E-state index is 12.5. The van der Waals surface area contributed by atoms with Crippen LogP contribution in [0.15, 0.2) is 47.4 Å². The molecule has 146 valence electrons. The number of carbonyl (C=O) groups is 1. The summed E-state index contributed by atoms with van der Waals surface area (Å²) in [5, 5.41) is 6.24. The summed E-state index contributed by atoms with van der Waals surface area (Å²) in [5.74, 6) is -0.306. The topological polar surface area (TPSA) is 78.5 Å². The molecule has 0 fully saturated rings. The van der Waals surface area contributed by atoms with E-state index < -0.39 is 10.0 Å². The minimum Gasteiger partial charge on any atom is -0.376 e. The standard InChI is InChI=1S/C18H21Cl2N3O3S/c1-3-23(4-2)27(25,26)14-10-8-13(9-11-14)21-12-17(24)22-16-7-5-6-15(19)18(16)20/h5-11,21H,3-4,12H2,1-2H3,(H,22,24). The van der Waals surface area contributed by atoms with Crippen LogP contribution in [0, 0.1) is 0 Å². The lowest BCUT2D eigenvalue weighted by Gasteiger charge is -2.18. The van der Waals surface area contributed by atoms with Gasteiger partial charge >= 0.3 is 0 Å². The number of hydrogen-bond donors (Lipinski definition) is 2. The first-order valence-corrected chi connectivity index (χ1v) is 10.6. The van der Waals surface area contributed by atoms with E-state index in [9.17, 15) is 13.2 Å². The highest BCUT2D eigenvalue weighted by Crippen LogP contribution is 2.29. The molecule has 2 aromatic carbocycles. The molecule has 0 aromatic heterocycles. The molecule has 0 saturated heterocycles. The van der Waals surface area contributed by atoms with E-state index in [1.54, 1.807) is 44.2 Å². The van der Waals surface area contributed by atoms with Gasteiger partial charge in [-0.05, 0) is 36.4 Å². The Morgan fingerprint density at radius 2 is 1.67 bits per heavy atom. The summed E-state index contributed by atoms with van der Waals surface area (Å²) < 4.78 is 26.3. The molecule has 2 aromatic rings. The Balaban J connectivity index is 1.99. The average Bonchev–Trinajstić information content (AvgIpc) is 2.65. The maximum Gasteiger partial charge on any atom is 0.243 e. The predicted molar refractivity (Wildman–Crippen MR) is 110 cm³/mol. The van der Waals surface area contributed by atoms with E-state index in [-0.39, 0.29) is 22.4 Å². The minimum absolute atomic E-state index is 0.00894. The molecule has 0 spiro atoms. The molecule has 0 aliphatic heterocycles. The number of benzene rings is 2. The molecular formula is C18H21Cl2N3O3S. The van der Waals surface area contributed by atoms with E-state index in [0.717, 1.165) is 0 Å². The van der Waals surface area contributed by atoms with Crippen LogP contribution in [-0.4, -0.2) is 38.3 Å². The largest absolute Gasteiger partial charge is 0.376 e. The third kappa shape index (κ3) is 5.35. The Bertz CT molecular complexity index is 899. The molecule has 0 atom stereocenters. The number of halogens is 2. The summed E-state index contributed by atoms with van der Waals surface area (Å²) in [5.41, 5.74) is 1.05. The van der Waals surface area contributed by atoms with Gasteiger partial charge in [0.15, 0.2) is 0 Å². The summed E-state index contributed by atoms with van der Waals surface area (Å²) in [6, 6.07) is 11.2. The molecule has 9 heteroatoms. The number of carbonyl (C=O) groups excluding carboxylic acids is 1. The number of nitrogens with one attached hydrogen (secondary N) is 2. The fourth-order valence-electron chi connectivity index (χ4n) is 2.43. The van der Waals surface area contributed by atoms with Gasteiger partial charge in [0.05, 0.1) is 27.2 Å². The molecule has 0 unspecified atom stereocenters. The quantitative estimate of drug-likeness (QED) is 0.662. The lowest BCUT2D eigenvalue weighted by Crippen LogP contribution is -2.30. The number of sulfonamides is 1. The second-order valence-electron chi connectivity index (χ2n) is 5.62. The SMILES string of the molecule is CCN(CC)S(=O)(=O)c1ccc(NCC(=O)Nc2cccc(Cl)c2Cl)cc1. The normalized spacial score (nSPS) is 11.4. The van der Waals surface area contributed by atoms with E-state index in [4.69, 9.17) is 23.2 Å². The van der Waals surface area contributed by atoms with Crippen molar-refractivity contribution < 1.29 is 13.2 Å². The molecule has 2 N–H and O–H groups in total. The van der Waals surface area contributed by atoms with Crippen LogP contribution < -0.4 is 10.6 Å². The number of rotatable bonds is 8. The minimum atomic E-state index is -3.50. The van der Waals surface area contributed by atoms with Gasteiger partial charge in [-0.15, -0.1) is 0 Å². The molecule has 0 radical (unpaired) electrons. The summed E-state index contributed by atoms with van der Waals surface area (Å²) >= 11 is 11.9. The molecule has 0 bridgehead atoms. The summed E-state index contributed by atoms with van der Waals surface area (Å²) in [6.07, 6.45) is 0. The maximum absolute atomic E-state index is 12.5. The van der Waals surface area contributed by atoms with Crippen molar-refractivity contribution in [3.8, 4) is 0 Å². The number of amides is 1. The molecule has 6 nitrogen and oxygen atoms in total. The van der Waals surface area contributed by atoms with Crippen molar-refractivity contribution in [1.29, 1.82) is 0 Å². The van der Waals surface area contributed by atoms with Crippen LogP contribution in [-0.2, 0) is 14.8 Å². The second kappa shape index (κ2) is 9.41. The van der Waals surface area contributed by atoms with Crippen LogP contribution in [0.1, 0.15) is 13.8 Å². The van der Waals surface area contributed by atoms with Crippen LogP contribution >= 0.6 is 23.2 Å². The Labute approximate surface area is 169 Å². The zero-order chi connectivity index (χ0) is 20.0. The van der Waals surface area contributed by atoms with Crippen LogP contribution in [0.5, 0.6) is 0 Å². The first kappa shape index (κ1) is 21.5. The Morgan fingerprint density at radius 3 is 2.26 bits per heavy atom. The Hall–Kier alpha value is -1.80. The number of nitrogens with zero attached hydrogens (tertiary/aromatic N) is 1. The molecule has 0 aliphatic carbocycles. The van der Waals surface area contributed by atoms with Gasteiger partial charge in [-0.1, -0.05) is 43.1 Å². The van der Waals surface area contributed by atoms with Crippen molar-refractivity contribution in [3.63, 3.8) is 0 Å². The van der Waals surface area contributed by atoms with Gasteiger partial charge in [0.1, 0.15) is 0 Å². The van der Waals surface area contributed by atoms with E-state index in [1.807, 2.05) is 0 Å². The fraction of sp³-hybridized carbons (Fsp3) is 0.278. The Morgan fingerprint density at radius 1 is 1.04 bits per heavy atom. The van der Waals surface area contributed by atoms with Crippen LogP contribution in [0.4, 0.5) is 11.4 Å². The van der Waals surface area contributed by atoms with Gasteiger partial charge in [0, 0.05) is 18.8 Å². The lowest BCUT2D eigenvalue weighted by molar-refractivity contribution is -0.114. The summed E-state index contributed by atoms with van der Waals surface area (Å²) in [6.45, 7) is 4.39. The van der Waals surface area contributed by atoms with E-state index in [0.29, 0.717) is 29.5 Å². The second-order valence-corrected chi connectivity index (χ2v) is 8.34. The first-order valence-electron chi connectivity index (χ1n) is 8.37. The summed E-state index contributed by atoms with van der Waals surface area (Å²) in [4.78, 5) is 12.3.